The average Bonchev–Trinajstić information content (AvgIpc) is 3.40. The molecule has 254 valence electrons. The Bertz CT molecular complexity index is 1740. The van der Waals surface area contributed by atoms with Crippen molar-refractivity contribution in [1.82, 2.24) is 20.0 Å². The molecule has 3 atom stereocenters. The van der Waals surface area contributed by atoms with Gasteiger partial charge in [-0.1, -0.05) is 76.8 Å². The first-order valence-corrected chi connectivity index (χ1v) is 18.2. The molecule has 1 saturated heterocycles. The maximum absolute atomic E-state index is 4.96. The lowest BCUT2D eigenvalue weighted by Crippen LogP contribution is -2.49. The molecule has 0 radical (unpaired) electrons. The van der Waals surface area contributed by atoms with Crippen molar-refractivity contribution in [3.8, 4) is 22.4 Å². The van der Waals surface area contributed by atoms with Gasteiger partial charge in [0.1, 0.15) is 0 Å². The lowest BCUT2D eigenvalue weighted by molar-refractivity contribution is 0.103. The van der Waals surface area contributed by atoms with E-state index in [2.05, 4.69) is 143 Å². The molecule has 2 aromatic carbocycles. The maximum Gasteiger partial charge on any atom is 0.0542 e. The molecule has 4 nitrogen and oxygen atoms in total. The van der Waals surface area contributed by atoms with E-state index in [-0.39, 0.29) is 5.41 Å². The predicted octanol–water partition coefficient (Wildman–Crippen LogP) is 11.3. The summed E-state index contributed by atoms with van der Waals surface area (Å²) in [6.45, 7) is 28.4. The van der Waals surface area contributed by atoms with Crippen LogP contribution in [0.4, 0.5) is 0 Å². The Hall–Kier alpha value is -3.89. The zero-order valence-corrected chi connectivity index (χ0v) is 30.5. The van der Waals surface area contributed by atoms with Gasteiger partial charge in [0.05, 0.1) is 11.4 Å². The highest BCUT2D eigenvalue weighted by molar-refractivity contribution is 5.95. The number of aryl methyl sites for hydroxylation is 1. The second-order valence-electron chi connectivity index (χ2n) is 14.8. The Kier molecular flexibility index (Phi) is 11.5. The van der Waals surface area contributed by atoms with E-state index in [1.54, 1.807) is 0 Å². The largest absolute Gasteiger partial charge is 0.340 e. The van der Waals surface area contributed by atoms with Crippen LogP contribution in [0.5, 0.6) is 0 Å². The summed E-state index contributed by atoms with van der Waals surface area (Å²) in [6.07, 6.45) is 13.5. The molecule has 0 amide bonds. The number of aromatic nitrogens is 2. The molecule has 4 aromatic rings. The van der Waals surface area contributed by atoms with Gasteiger partial charge >= 0.3 is 0 Å². The molecule has 0 aliphatic carbocycles. The van der Waals surface area contributed by atoms with E-state index in [1.807, 2.05) is 6.20 Å². The molecule has 0 spiro atoms. The predicted molar refractivity (Wildman–Crippen MR) is 207 cm³/mol. The maximum atomic E-state index is 4.96. The van der Waals surface area contributed by atoms with Crippen molar-refractivity contribution < 1.29 is 0 Å². The van der Waals surface area contributed by atoms with Gasteiger partial charge in [-0.15, -0.1) is 13.2 Å². The van der Waals surface area contributed by atoms with Gasteiger partial charge < -0.3 is 9.99 Å². The summed E-state index contributed by atoms with van der Waals surface area (Å²) in [5, 5.41) is 3.70. The number of hydrogen-bond acceptors (Lipinski definition) is 3. The quantitative estimate of drug-likeness (QED) is 0.131. The highest BCUT2D eigenvalue weighted by Gasteiger charge is 2.28. The highest BCUT2D eigenvalue weighted by Crippen LogP contribution is 2.43. The SMILES string of the molecule is C=CCCC(C)(C)Cc1c(-c2cccnc2C(C)CC)n(CC)c2ccc(-c3cccc(CC(C=C)C(C)N4CCCC(=C)N4)c3)cc12. The fourth-order valence-corrected chi connectivity index (χ4v) is 7.60. The van der Waals surface area contributed by atoms with Crippen molar-refractivity contribution in [2.75, 3.05) is 6.54 Å². The van der Waals surface area contributed by atoms with E-state index >= 15 is 0 Å². The van der Waals surface area contributed by atoms with Crippen molar-refractivity contribution in [1.29, 1.82) is 0 Å². The minimum atomic E-state index is 0.121. The van der Waals surface area contributed by atoms with Crippen molar-refractivity contribution in [2.24, 2.45) is 11.3 Å². The molecule has 5 rings (SSSR count). The molecule has 0 bridgehead atoms. The fraction of sp³-hybridized carbons (Fsp3) is 0.432. The third-order valence-electron chi connectivity index (χ3n) is 10.7. The molecular weight excluding hydrogens is 585 g/mol. The topological polar surface area (TPSA) is 33.1 Å². The number of pyridine rings is 1. The van der Waals surface area contributed by atoms with E-state index in [0.717, 1.165) is 63.7 Å². The summed E-state index contributed by atoms with van der Waals surface area (Å²) in [5.41, 5.74) is 15.2. The number of fused-ring (bicyclic) bond motifs is 1. The molecule has 3 unspecified atom stereocenters. The molecule has 0 saturated carbocycles. The molecule has 48 heavy (non-hydrogen) atoms. The molecule has 1 N–H and O–H groups in total. The van der Waals surface area contributed by atoms with Crippen LogP contribution in [0.15, 0.2) is 98.4 Å². The van der Waals surface area contributed by atoms with E-state index in [9.17, 15) is 0 Å². The molecular formula is C44H58N4. The first-order valence-electron chi connectivity index (χ1n) is 18.2. The van der Waals surface area contributed by atoms with Crippen LogP contribution in [-0.4, -0.2) is 27.1 Å². The molecule has 1 fully saturated rings. The second-order valence-corrected chi connectivity index (χ2v) is 14.8. The van der Waals surface area contributed by atoms with Gasteiger partial charge in [0.25, 0.3) is 0 Å². The first-order chi connectivity index (χ1) is 23.1. The minimum absolute atomic E-state index is 0.121. The van der Waals surface area contributed by atoms with Gasteiger partial charge in [-0.25, -0.2) is 5.01 Å². The number of nitrogens with one attached hydrogen (secondary N) is 1. The minimum Gasteiger partial charge on any atom is -0.340 e. The van der Waals surface area contributed by atoms with E-state index in [1.165, 1.54) is 50.1 Å². The summed E-state index contributed by atoms with van der Waals surface area (Å²) >= 11 is 0. The van der Waals surface area contributed by atoms with Crippen molar-refractivity contribution in [3.05, 3.63) is 115 Å². The monoisotopic (exact) mass is 642 g/mol. The number of hydrazine groups is 1. The Morgan fingerprint density at radius 2 is 1.81 bits per heavy atom. The summed E-state index contributed by atoms with van der Waals surface area (Å²) in [4.78, 5) is 4.96. The van der Waals surface area contributed by atoms with Crippen LogP contribution in [0.25, 0.3) is 33.3 Å². The van der Waals surface area contributed by atoms with Crippen LogP contribution in [0.1, 0.15) is 96.4 Å². The van der Waals surface area contributed by atoms with Crippen LogP contribution >= 0.6 is 0 Å². The molecule has 1 aliphatic heterocycles. The van der Waals surface area contributed by atoms with Gasteiger partial charge in [-0.2, -0.15) is 0 Å². The van der Waals surface area contributed by atoms with Gasteiger partial charge in [-0.05, 0) is 123 Å². The van der Waals surface area contributed by atoms with Crippen molar-refractivity contribution in [2.45, 2.75) is 105 Å². The van der Waals surface area contributed by atoms with E-state index in [0.29, 0.717) is 17.9 Å². The summed E-state index contributed by atoms with van der Waals surface area (Å²) in [7, 11) is 0. The molecule has 2 aromatic heterocycles. The Labute approximate surface area is 290 Å². The molecule has 1 aliphatic rings. The van der Waals surface area contributed by atoms with Gasteiger partial charge in [-0.3, -0.25) is 4.98 Å². The zero-order valence-electron chi connectivity index (χ0n) is 30.5. The summed E-state index contributed by atoms with van der Waals surface area (Å²) in [6, 6.07) is 21.0. The third-order valence-corrected chi connectivity index (χ3v) is 10.7. The summed E-state index contributed by atoms with van der Waals surface area (Å²) in [5.74, 6) is 0.710. The standard InChI is InChI=1S/C44H58N4/c1-10-14-24-44(8,9)30-40-39-29-37(22-23-41(39)47(13-4)43(40)38-21-16-25-45-42(38)31(5)11-2)36-20-15-19-34(28-36)27-35(12-3)33(7)48-26-17-18-32(6)46-48/h10,12,15-16,19-23,25,28-29,31,33,35,46H,1,3,6,11,13-14,17-18,24,26-27,30H2,2,4-5,7-9H3. The van der Waals surface area contributed by atoms with Crippen LogP contribution in [-0.2, 0) is 19.4 Å². The number of benzene rings is 2. The number of hydrogen-bond donors (Lipinski definition) is 1. The zero-order chi connectivity index (χ0) is 34.4. The van der Waals surface area contributed by atoms with Crippen LogP contribution in [0, 0.1) is 11.3 Å². The van der Waals surface area contributed by atoms with Crippen LogP contribution in [0.3, 0.4) is 0 Å². The van der Waals surface area contributed by atoms with Gasteiger partial charge in [0.2, 0.25) is 0 Å². The Morgan fingerprint density at radius 1 is 1.02 bits per heavy atom. The lowest BCUT2D eigenvalue weighted by atomic mass is 9.80. The highest BCUT2D eigenvalue weighted by atomic mass is 15.5. The normalized spacial score (nSPS) is 16.0. The van der Waals surface area contributed by atoms with Crippen molar-refractivity contribution >= 4 is 10.9 Å². The van der Waals surface area contributed by atoms with E-state index < -0.39 is 0 Å². The number of nitrogens with zero attached hydrogens (tertiary/aromatic N) is 3. The smallest absolute Gasteiger partial charge is 0.0542 e. The second kappa shape index (κ2) is 15.6. The number of rotatable bonds is 15. The fourth-order valence-electron chi connectivity index (χ4n) is 7.60. The third kappa shape index (κ3) is 7.70. The lowest BCUT2D eigenvalue weighted by Gasteiger charge is -2.38. The molecule has 3 heterocycles. The van der Waals surface area contributed by atoms with Gasteiger partial charge in [0.15, 0.2) is 0 Å². The molecule has 4 heteroatoms. The summed E-state index contributed by atoms with van der Waals surface area (Å²) < 4.78 is 2.54. The first kappa shape index (κ1) is 35.4. The Balaban J connectivity index is 1.59. The Morgan fingerprint density at radius 3 is 2.52 bits per heavy atom. The van der Waals surface area contributed by atoms with Crippen molar-refractivity contribution in [3.63, 3.8) is 0 Å². The van der Waals surface area contributed by atoms with E-state index in [4.69, 9.17) is 4.98 Å². The van der Waals surface area contributed by atoms with Crippen LogP contribution < -0.4 is 5.43 Å². The number of allylic oxidation sites excluding steroid dienone is 2. The van der Waals surface area contributed by atoms with Crippen LogP contribution in [0.2, 0.25) is 0 Å². The average molecular weight is 643 g/mol. The van der Waals surface area contributed by atoms with Gasteiger partial charge in [0, 0.05) is 47.5 Å².